The molecule has 0 aromatic heterocycles. The Bertz CT molecular complexity index is 421. The Morgan fingerprint density at radius 2 is 2.12 bits per heavy atom. The van der Waals surface area contributed by atoms with E-state index >= 15 is 0 Å². The molecule has 0 aliphatic carbocycles. The lowest BCUT2D eigenvalue weighted by molar-refractivity contribution is 0.0695. The highest BCUT2D eigenvalue weighted by Crippen LogP contribution is 2.19. The van der Waals surface area contributed by atoms with Crippen molar-refractivity contribution in [2.24, 2.45) is 0 Å². The summed E-state index contributed by atoms with van der Waals surface area (Å²) < 4.78 is 5.37. The molecule has 0 saturated heterocycles. The number of carboxylic acid groups (broad SMARTS) is 1. The number of ether oxygens (including phenoxy) is 1. The summed E-state index contributed by atoms with van der Waals surface area (Å²) in [6.45, 7) is 7.60. The third kappa shape index (κ3) is 3.79. The van der Waals surface area contributed by atoms with Crippen LogP contribution in [0.3, 0.4) is 0 Å². The summed E-state index contributed by atoms with van der Waals surface area (Å²) in [5.41, 5.74) is 1.08. The Labute approximate surface area is 101 Å². The number of hydrogen-bond donors (Lipinski definition) is 1. The Morgan fingerprint density at radius 3 is 2.71 bits per heavy atom. The van der Waals surface area contributed by atoms with E-state index in [9.17, 15) is 4.79 Å². The number of rotatable bonds is 7. The summed E-state index contributed by atoms with van der Waals surface area (Å²) in [6, 6.07) is 4.99. The van der Waals surface area contributed by atoms with Crippen molar-refractivity contribution in [1.82, 2.24) is 0 Å². The minimum Gasteiger partial charge on any atom is -0.490 e. The van der Waals surface area contributed by atoms with Crippen molar-refractivity contribution < 1.29 is 14.6 Å². The lowest BCUT2D eigenvalue weighted by atomic mass is 10.0. The fraction of sp³-hybridized carbons (Fsp3) is 0.214. The van der Waals surface area contributed by atoms with Gasteiger partial charge in [0.25, 0.3) is 0 Å². The van der Waals surface area contributed by atoms with Gasteiger partial charge in [-0.15, -0.1) is 6.58 Å². The number of hydrogen-bond acceptors (Lipinski definition) is 2. The van der Waals surface area contributed by atoms with Gasteiger partial charge in [-0.2, -0.15) is 0 Å². The molecule has 90 valence electrons. The zero-order valence-corrected chi connectivity index (χ0v) is 9.69. The zero-order valence-electron chi connectivity index (χ0n) is 9.69. The van der Waals surface area contributed by atoms with Gasteiger partial charge in [-0.25, -0.2) is 4.79 Å². The third-order valence-corrected chi connectivity index (χ3v) is 2.29. The molecule has 3 heteroatoms. The maximum atomic E-state index is 11.0. The average Bonchev–Trinajstić information content (AvgIpc) is 2.33. The average molecular weight is 232 g/mol. The fourth-order valence-electron chi connectivity index (χ4n) is 1.49. The van der Waals surface area contributed by atoms with E-state index in [1.54, 1.807) is 30.4 Å². The normalized spacial score (nSPS) is 9.65. The summed E-state index contributed by atoms with van der Waals surface area (Å²) in [5, 5.41) is 9.05. The van der Waals surface area contributed by atoms with Gasteiger partial charge < -0.3 is 9.84 Å². The standard InChI is InChI=1S/C14H16O3/c1-3-5-6-11-10-12(17-9-4-2)7-8-13(11)14(15)16/h3-4,7-8,10H,1-2,5-6,9H2,(H,15,16). The molecule has 0 amide bonds. The molecule has 0 saturated carbocycles. The summed E-state index contributed by atoms with van der Waals surface area (Å²) in [5.74, 6) is -0.256. The molecule has 0 radical (unpaired) electrons. The minimum atomic E-state index is -0.917. The highest BCUT2D eigenvalue weighted by atomic mass is 16.5. The topological polar surface area (TPSA) is 46.5 Å². The van der Waals surface area contributed by atoms with E-state index in [1.807, 2.05) is 0 Å². The van der Waals surface area contributed by atoms with E-state index in [1.165, 1.54) is 0 Å². The molecule has 0 bridgehead atoms. The van der Waals surface area contributed by atoms with Crippen LogP contribution < -0.4 is 4.74 Å². The number of aryl methyl sites for hydroxylation is 1. The number of carboxylic acids is 1. The highest BCUT2D eigenvalue weighted by Gasteiger charge is 2.10. The van der Waals surface area contributed by atoms with E-state index in [0.29, 0.717) is 24.3 Å². The highest BCUT2D eigenvalue weighted by molar-refractivity contribution is 5.89. The van der Waals surface area contributed by atoms with Crippen molar-refractivity contribution in [2.45, 2.75) is 12.8 Å². The molecule has 3 nitrogen and oxygen atoms in total. The summed E-state index contributed by atoms with van der Waals surface area (Å²) in [7, 11) is 0. The molecule has 0 unspecified atom stereocenters. The zero-order chi connectivity index (χ0) is 12.7. The van der Waals surface area contributed by atoms with E-state index in [2.05, 4.69) is 13.2 Å². The predicted molar refractivity (Wildman–Crippen MR) is 67.6 cm³/mol. The SMILES string of the molecule is C=CCCc1cc(OCC=C)ccc1C(=O)O. The fourth-order valence-corrected chi connectivity index (χ4v) is 1.49. The smallest absolute Gasteiger partial charge is 0.335 e. The molecule has 0 spiro atoms. The molecule has 1 aromatic rings. The van der Waals surface area contributed by atoms with Crippen molar-refractivity contribution in [3.8, 4) is 5.75 Å². The van der Waals surface area contributed by atoms with Crippen LogP contribution in [0.1, 0.15) is 22.3 Å². The van der Waals surface area contributed by atoms with E-state index in [4.69, 9.17) is 9.84 Å². The lowest BCUT2D eigenvalue weighted by Gasteiger charge is -2.08. The number of aromatic carboxylic acids is 1. The van der Waals surface area contributed by atoms with Gasteiger partial charge in [0.15, 0.2) is 0 Å². The first kappa shape index (κ1) is 13.0. The first-order valence-electron chi connectivity index (χ1n) is 5.40. The molecular weight excluding hydrogens is 216 g/mol. The van der Waals surface area contributed by atoms with Gasteiger partial charge in [-0.1, -0.05) is 18.7 Å². The summed E-state index contributed by atoms with van der Waals surface area (Å²) >= 11 is 0. The van der Waals surface area contributed by atoms with Gasteiger partial charge in [0.05, 0.1) is 5.56 Å². The monoisotopic (exact) mass is 232 g/mol. The Kier molecular flexibility index (Phi) is 5.01. The van der Waals surface area contributed by atoms with Crippen LogP contribution >= 0.6 is 0 Å². The second-order valence-corrected chi connectivity index (χ2v) is 3.55. The van der Waals surface area contributed by atoms with Crippen LogP contribution in [0, 0.1) is 0 Å². The Balaban J connectivity index is 2.95. The number of carbonyl (C=O) groups is 1. The second-order valence-electron chi connectivity index (χ2n) is 3.55. The van der Waals surface area contributed by atoms with Crippen LogP contribution in [0.2, 0.25) is 0 Å². The van der Waals surface area contributed by atoms with Crippen molar-refractivity contribution >= 4 is 5.97 Å². The molecule has 0 fully saturated rings. The maximum Gasteiger partial charge on any atom is 0.335 e. The Hall–Kier alpha value is -2.03. The largest absolute Gasteiger partial charge is 0.490 e. The van der Waals surface area contributed by atoms with Gasteiger partial charge in [0.1, 0.15) is 12.4 Å². The van der Waals surface area contributed by atoms with Gasteiger partial charge in [-0.3, -0.25) is 0 Å². The van der Waals surface area contributed by atoms with Gasteiger partial charge >= 0.3 is 5.97 Å². The van der Waals surface area contributed by atoms with Crippen LogP contribution in [-0.2, 0) is 6.42 Å². The van der Waals surface area contributed by atoms with Crippen LogP contribution in [0.15, 0.2) is 43.5 Å². The van der Waals surface area contributed by atoms with Crippen LogP contribution in [-0.4, -0.2) is 17.7 Å². The molecule has 1 aromatic carbocycles. The number of benzene rings is 1. The molecule has 17 heavy (non-hydrogen) atoms. The molecular formula is C14H16O3. The lowest BCUT2D eigenvalue weighted by Crippen LogP contribution is -2.03. The quantitative estimate of drug-likeness (QED) is 0.735. The molecule has 0 atom stereocenters. The second kappa shape index (κ2) is 6.53. The molecule has 0 aliphatic heterocycles. The van der Waals surface area contributed by atoms with Crippen molar-refractivity contribution in [3.05, 3.63) is 54.6 Å². The van der Waals surface area contributed by atoms with Crippen molar-refractivity contribution in [1.29, 1.82) is 0 Å². The van der Waals surface area contributed by atoms with Gasteiger partial charge in [0.2, 0.25) is 0 Å². The van der Waals surface area contributed by atoms with Crippen molar-refractivity contribution in [2.75, 3.05) is 6.61 Å². The minimum absolute atomic E-state index is 0.317. The first-order valence-corrected chi connectivity index (χ1v) is 5.40. The van der Waals surface area contributed by atoms with Crippen LogP contribution in [0.25, 0.3) is 0 Å². The predicted octanol–water partition coefficient (Wildman–Crippen LogP) is 3.07. The van der Waals surface area contributed by atoms with Gasteiger partial charge in [-0.05, 0) is 36.6 Å². The van der Waals surface area contributed by atoms with Crippen LogP contribution in [0.4, 0.5) is 0 Å². The van der Waals surface area contributed by atoms with Crippen molar-refractivity contribution in [3.63, 3.8) is 0 Å². The van der Waals surface area contributed by atoms with E-state index in [-0.39, 0.29) is 0 Å². The third-order valence-electron chi connectivity index (χ3n) is 2.29. The van der Waals surface area contributed by atoms with E-state index < -0.39 is 5.97 Å². The molecule has 1 N–H and O–H groups in total. The Morgan fingerprint density at radius 1 is 1.35 bits per heavy atom. The number of allylic oxidation sites excluding steroid dienone is 1. The maximum absolute atomic E-state index is 11.0. The molecule has 0 aliphatic rings. The molecule has 1 rings (SSSR count). The summed E-state index contributed by atoms with van der Waals surface area (Å²) in [6.07, 6.45) is 4.80. The first-order chi connectivity index (χ1) is 8.19. The van der Waals surface area contributed by atoms with Crippen LogP contribution in [0.5, 0.6) is 5.75 Å². The van der Waals surface area contributed by atoms with E-state index in [0.717, 1.165) is 12.0 Å². The summed E-state index contributed by atoms with van der Waals surface area (Å²) in [4.78, 5) is 11.0. The van der Waals surface area contributed by atoms with Gasteiger partial charge in [0, 0.05) is 0 Å². The molecule has 0 heterocycles.